The SMILES string of the molecule is CCNC(C)CC(=O)N1CCc2sccc2C1CC. The Balaban J connectivity index is 2.06. The van der Waals surface area contributed by atoms with E-state index >= 15 is 0 Å². The second kappa shape index (κ2) is 6.53. The highest BCUT2D eigenvalue weighted by Crippen LogP contribution is 2.35. The van der Waals surface area contributed by atoms with Crippen LogP contribution in [0.5, 0.6) is 0 Å². The van der Waals surface area contributed by atoms with E-state index in [1.54, 1.807) is 0 Å². The normalized spacial score (nSPS) is 20.2. The quantitative estimate of drug-likeness (QED) is 0.899. The van der Waals surface area contributed by atoms with Gasteiger partial charge >= 0.3 is 0 Å². The summed E-state index contributed by atoms with van der Waals surface area (Å²) in [6.07, 6.45) is 2.62. The van der Waals surface area contributed by atoms with Gasteiger partial charge in [-0.25, -0.2) is 0 Å². The van der Waals surface area contributed by atoms with Crippen molar-refractivity contribution < 1.29 is 4.79 Å². The molecule has 2 unspecified atom stereocenters. The number of nitrogens with zero attached hydrogens (tertiary/aromatic N) is 1. The zero-order valence-electron chi connectivity index (χ0n) is 12.1. The van der Waals surface area contributed by atoms with Gasteiger partial charge < -0.3 is 10.2 Å². The lowest BCUT2D eigenvalue weighted by atomic mass is 9.97. The van der Waals surface area contributed by atoms with E-state index < -0.39 is 0 Å². The maximum absolute atomic E-state index is 12.5. The molecule has 19 heavy (non-hydrogen) atoms. The number of carbonyl (C=O) groups excluding carboxylic acids is 1. The maximum atomic E-state index is 12.5. The Kier molecular flexibility index (Phi) is 4.99. The predicted octanol–water partition coefficient (Wildman–Crippen LogP) is 2.97. The van der Waals surface area contributed by atoms with Crippen molar-refractivity contribution in [3.63, 3.8) is 0 Å². The minimum absolute atomic E-state index is 0.263. The number of nitrogens with one attached hydrogen (secondary N) is 1. The Bertz CT molecular complexity index is 430. The Morgan fingerprint density at radius 3 is 3.05 bits per heavy atom. The van der Waals surface area contributed by atoms with Crippen molar-refractivity contribution in [1.82, 2.24) is 10.2 Å². The summed E-state index contributed by atoms with van der Waals surface area (Å²) in [5.74, 6) is 0.289. The van der Waals surface area contributed by atoms with Crippen molar-refractivity contribution in [2.75, 3.05) is 13.1 Å². The number of fused-ring (bicyclic) bond motifs is 1. The summed E-state index contributed by atoms with van der Waals surface area (Å²) >= 11 is 1.83. The zero-order valence-corrected chi connectivity index (χ0v) is 12.9. The standard InChI is InChI=1S/C15H24N2OS/c1-4-13-12-7-9-19-14(12)6-8-17(13)15(18)10-11(3)16-5-2/h7,9,11,13,16H,4-6,8,10H2,1-3H3. The molecule has 1 aromatic rings. The van der Waals surface area contributed by atoms with Crippen molar-refractivity contribution in [1.29, 1.82) is 0 Å². The van der Waals surface area contributed by atoms with Crippen LogP contribution >= 0.6 is 11.3 Å². The molecule has 0 saturated heterocycles. The van der Waals surface area contributed by atoms with E-state index in [1.165, 1.54) is 10.4 Å². The second-order valence-electron chi connectivity index (χ2n) is 5.22. The smallest absolute Gasteiger partial charge is 0.224 e. The van der Waals surface area contributed by atoms with Gasteiger partial charge in [0.25, 0.3) is 0 Å². The Morgan fingerprint density at radius 2 is 2.37 bits per heavy atom. The fraction of sp³-hybridized carbons (Fsp3) is 0.667. The van der Waals surface area contributed by atoms with Crippen molar-refractivity contribution in [2.45, 2.75) is 52.1 Å². The van der Waals surface area contributed by atoms with Gasteiger partial charge in [0.2, 0.25) is 5.91 Å². The fourth-order valence-electron chi connectivity index (χ4n) is 2.93. The Labute approximate surface area is 120 Å². The first kappa shape index (κ1) is 14.5. The Morgan fingerprint density at radius 1 is 1.58 bits per heavy atom. The molecule has 3 nitrogen and oxygen atoms in total. The van der Waals surface area contributed by atoms with E-state index in [9.17, 15) is 4.79 Å². The number of hydrogen-bond donors (Lipinski definition) is 1. The van der Waals surface area contributed by atoms with Gasteiger partial charge in [0, 0.05) is 23.9 Å². The largest absolute Gasteiger partial charge is 0.335 e. The van der Waals surface area contributed by atoms with E-state index in [1.807, 2.05) is 11.3 Å². The number of amides is 1. The fourth-order valence-corrected chi connectivity index (χ4v) is 3.86. The highest BCUT2D eigenvalue weighted by molar-refractivity contribution is 7.10. The van der Waals surface area contributed by atoms with Crippen LogP contribution in [0.2, 0.25) is 0 Å². The first-order chi connectivity index (χ1) is 9.17. The van der Waals surface area contributed by atoms with Gasteiger partial charge in [-0.2, -0.15) is 0 Å². The summed E-state index contributed by atoms with van der Waals surface area (Å²) in [5.41, 5.74) is 1.38. The summed E-state index contributed by atoms with van der Waals surface area (Å²) in [6, 6.07) is 2.75. The number of hydrogen-bond acceptors (Lipinski definition) is 3. The lowest BCUT2D eigenvalue weighted by molar-refractivity contribution is -0.134. The van der Waals surface area contributed by atoms with Gasteiger partial charge in [0.1, 0.15) is 0 Å². The summed E-state index contributed by atoms with van der Waals surface area (Å²) in [4.78, 5) is 16.0. The molecule has 1 N–H and O–H groups in total. The van der Waals surface area contributed by atoms with Gasteiger partial charge in [0.15, 0.2) is 0 Å². The molecule has 106 valence electrons. The van der Waals surface area contributed by atoms with Crippen LogP contribution in [0.15, 0.2) is 11.4 Å². The van der Waals surface area contributed by atoms with E-state index in [2.05, 4.69) is 42.4 Å². The van der Waals surface area contributed by atoms with Crippen LogP contribution < -0.4 is 5.32 Å². The third kappa shape index (κ3) is 3.18. The topological polar surface area (TPSA) is 32.3 Å². The minimum atomic E-state index is 0.263. The van der Waals surface area contributed by atoms with Crippen LogP contribution in [0.25, 0.3) is 0 Å². The molecule has 2 heterocycles. The number of rotatable bonds is 5. The lowest BCUT2D eigenvalue weighted by Gasteiger charge is -2.36. The van der Waals surface area contributed by atoms with Crippen LogP contribution in [0.3, 0.4) is 0 Å². The molecule has 2 rings (SSSR count). The average Bonchev–Trinajstić information content (AvgIpc) is 2.85. The van der Waals surface area contributed by atoms with E-state index in [-0.39, 0.29) is 18.0 Å². The highest BCUT2D eigenvalue weighted by atomic mass is 32.1. The van der Waals surface area contributed by atoms with Gasteiger partial charge in [-0.1, -0.05) is 13.8 Å². The second-order valence-corrected chi connectivity index (χ2v) is 6.22. The Hall–Kier alpha value is -0.870. The molecule has 0 bridgehead atoms. The molecule has 0 aliphatic carbocycles. The predicted molar refractivity (Wildman–Crippen MR) is 80.5 cm³/mol. The molecule has 2 atom stereocenters. The third-order valence-corrected chi connectivity index (χ3v) is 4.83. The summed E-state index contributed by atoms with van der Waals surface area (Å²) in [6.45, 7) is 8.13. The van der Waals surface area contributed by atoms with Gasteiger partial charge in [-0.15, -0.1) is 11.3 Å². The first-order valence-electron chi connectivity index (χ1n) is 7.26. The van der Waals surface area contributed by atoms with Crippen LogP contribution in [-0.2, 0) is 11.2 Å². The summed E-state index contributed by atoms with van der Waals surface area (Å²) < 4.78 is 0. The minimum Gasteiger partial charge on any atom is -0.335 e. The number of thiophene rings is 1. The van der Waals surface area contributed by atoms with Crippen molar-refractivity contribution >= 4 is 17.2 Å². The van der Waals surface area contributed by atoms with Gasteiger partial charge in [-0.05, 0) is 43.3 Å². The molecule has 1 aliphatic rings. The van der Waals surface area contributed by atoms with Crippen LogP contribution in [0.4, 0.5) is 0 Å². The van der Waals surface area contributed by atoms with Crippen LogP contribution in [-0.4, -0.2) is 29.9 Å². The molecule has 0 fully saturated rings. The van der Waals surface area contributed by atoms with Crippen LogP contribution in [0.1, 0.15) is 50.1 Å². The average molecular weight is 280 g/mol. The highest BCUT2D eigenvalue weighted by Gasteiger charge is 2.30. The maximum Gasteiger partial charge on any atom is 0.224 e. The van der Waals surface area contributed by atoms with Crippen molar-refractivity contribution in [3.8, 4) is 0 Å². The zero-order chi connectivity index (χ0) is 13.8. The van der Waals surface area contributed by atoms with Crippen LogP contribution in [0, 0.1) is 0 Å². The molecule has 0 spiro atoms. The van der Waals surface area contributed by atoms with Crippen molar-refractivity contribution in [3.05, 3.63) is 21.9 Å². The molecular weight excluding hydrogens is 256 g/mol. The summed E-state index contributed by atoms with van der Waals surface area (Å²) in [5, 5.41) is 5.47. The monoisotopic (exact) mass is 280 g/mol. The molecule has 1 amide bonds. The van der Waals surface area contributed by atoms with Gasteiger partial charge in [0.05, 0.1) is 6.04 Å². The molecule has 4 heteroatoms. The molecular formula is C15H24N2OS. The molecule has 0 saturated carbocycles. The van der Waals surface area contributed by atoms with Gasteiger partial charge in [-0.3, -0.25) is 4.79 Å². The first-order valence-corrected chi connectivity index (χ1v) is 8.14. The van der Waals surface area contributed by atoms with E-state index in [0.717, 1.165) is 25.9 Å². The molecule has 1 aromatic heterocycles. The lowest BCUT2D eigenvalue weighted by Crippen LogP contribution is -2.42. The third-order valence-electron chi connectivity index (χ3n) is 3.84. The molecule has 0 radical (unpaired) electrons. The van der Waals surface area contributed by atoms with E-state index in [0.29, 0.717) is 6.42 Å². The number of carbonyl (C=O) groups is 1. The van der Waals surface area contributed by atoms with Crippen molar-refractivity contribution in [2.24, 2.45) is 0 Å². The summed E-state index contributed by atoms with van der Waals surface area (Å²) in [7, 11) is 0. The molecule has 0 aromatic carbocycles. The van der Waals surface area contributed by atoms with E-state index in [4.69, 9.17) is 0 Å². The molecule has 1 aliphatic heterocycles.